The van der Waals surface area contributed by atoms with Crippen LogP contribution in [0, 0.1) is 5.92 Å². The molecule has 0 aromatic heterocycles. The highest BCUT2D eigenvalue weighted by Gasteiger charge is 2.55. The Balaban J connectivity index is 1.94. The second-order valence-corrected chi connectivity index (χ2v) is 4.23. The molecule has 72 valence electrons. The fourth-order valence-electron chi connectivity index (χ4n) is 2.88. The third-order valence-corrected chi connectivity index (χ3v) is 3.65. The molecule has 0 radical (unpaired) electrons. The Kier molecular flexibility index (Phi) is 1.46. The number of rotatable bonds is 0. The largest absolute Gasteiger partial charge is 0.343 e. The van der Waals surface area contributed by atoms with E-state index in [1.165, 1.54) is 0 Å². The van der Waals surface area contributed by atoms with Crippen LogP contribution in [0.1, 0.15) is 12.8 Å². The summed E-state index contributed by atoms with van der Waals surface area (Å²) in [7, 11) is 0. The number of fused-ring (bicyclic) bond motifs is 2. The average molecular weight is 182 g/mol. The minimum atomic E-state index is -0.476. The standard InChI is InChI=1S/C9H14N2O2/c12-8-9(13-6-10-8)5-11-3-1-7(9)2-4-11/h7H,1-6H2,(H,10,12)/t9-/m1/s1. The van der Waals surface area contributed by atoms with Crippen molar-refractivity contribution >= 4 is 5.91 Å². The second-order valence-electron chi connectivity index (χ2n) is 4.23. The van der Waals surface area contributed by atoms with Gasteiger partial charge in [-0.15, -0.1) is 0 Å². The Morgan fingerprint density at radius 3 is 2.69 bits per heavy atom. The quantitative estimate of drug-likeness (QED) is 0.552. The monoisotopic (exact) mass is 182 g/mol. The number of hydrogen-bond donors (Lipinski definition) is 1. The summed E-state index contributed by atoms with van der Waals surface area (Å²) in [6, 6.07) is 0. The summed E-state index contributed by atoms with van der Waals surface area (Å²) in [6.45, 7) is 3.50. The van der Waals surface area contributed by atoms with Gasteiger partial charge in [-0.2, -0.15) is 0 Å². The van der Waals surface area contributed by atoms with E-state index in [1.54, 1.807) is 0 Å². The summed E-state index contributed by atoms with van der Waals surface area (Å²) in [4.78, 5) is 14.0. The van der Waals surface area contributed by atoms with Crippen LogP contribution in [0.2, 0.25) is 0 Å². The second kappa shape index (κ2) is 2.45. The summed E-state index contributed by atoms with van der Waals surface area (Å²) < 4.78 is 5.63. The van der Waals surface area contributed by atoms with Crippen molar-refractivity contribution in [2.45, 2.75) is 18.4 Å². The lowest BCUT2D eigenvalue weighted by Crippen LogP contribution is -2.62. The first-order valence-electron chi connectivity index (χ1n) is 4.96. The SMILES string of the molecule is O=C1NCO[C@@]12CN1CCC2CC1. The lowest BCUT2D eigenvalue weighted by atomic mass is 9.75. The van der Waals surface area contributed by atoms with Crippen molar-refractivity contribution in [1.29, 1.82) is 0 Å². The summed E-state index contributed by atoms with van der Waals surface area (Å²) in [5.74, 6) is 0.571. The zero-order valence-electron chi connectivity index (χ0n) is 7.58. The van der Waals surface area contributed by atoms with Gasteiger partial charge in [-0.3, -0.25) is 9.69 Å². The number of piperidine rings is 3. The molecule has 4 saturated heterocycles. The number of nitrogens with one attached hydrogen (secondary N) is 1. The number of nitrogens with zero attached hydrogens (tertiary/aromatic N) is 1. The highest BCUT2D eigenvalue weighted by Crippen LogP contribution is 2.39. The molecule has 0 saturated carbocycles. The van der Waals surface area contributed by atoms with Gasteiger partial charge in [0.15, 0.2) is 5.60 Å². The van der Waals surface area contributed by atoms with Crippen molar-refractivity contribution in [2.24, 2.45) is 5.92 Å². The third-order valence-electron chi connectivity index (χ3n) is 3.65. The van der Waals surface area contributed by atoms with Crippen LogP contribution < -0.4 is 5.32 Å². The van der Waals surface area contributed by atoms with Gasteiger partial charge in [0, 0.05) is 12.5 Å². The van der Waals surface area contributed by atoms with E-state index in [-0.39, 0.29) is 5.91 Å². The molecule has 4 aliphatic rings. The van der Waals surface area contributed by atoms with E-state index in [0.717, 1.165) is 32.5 Å². The Morgan fingerprint density at radius 2 is 2.23 bits per heavy atom. The number of ether oxygens (including phenoxy) is 1. The van der Waals surface area contributed by atoms with Gasteiger partial charge in [-0.1, -0.05) is 0 Å². The van der Waals surface area contributed by atoms with Gasteiger partial charge < -0.3 is 10.1 Å². The molecule has 0 aromatic rings. The topological polar surface area (TPSA) is 41.6 Å². The van der Waals surface area contributed by atoms with Gasteiger partial charge in [0.25, 0.3) is 5.91 Å². The van der Waals surface area contributed by atoms with Gasteiger partial charge in [0.05, 0.1) is 0 Å². The first kappa shape index (κ1) is 7.76. The molecule has 4 rings (SSSR count). The fourth-order valence-corrected chi connectivity index (χ4v) is 2.88. The van der Waals surface area contributed by atoms with Crippen LogP contribution in [-0.4, -0.2) is 42.8 Å². The molecule has 1 atom stereocenters. The zero-order chi connectivity index (χ0) is 8.89. The van der Waals surface area contributed by atoms with Crippen molar-refractivity contribution in [1.82, 2.24) is 10.2 Å². The van der Waals surface area contributed by atoms with Crippen molar-refractivity contribution in [3.8, 4) is 0 Å². The maximum Gasteiger partial charge on any atom is 0.255 e. The Hall–Kier alpha value is -0.610. The molecule has 4 heteroatoms. The third kappa shape index (κ3) is 0.901. The molecule has 4 nitrogen and oxygen atoms in total. The van der Waals surface area contributed by atoms with Crippen LogP contribution in [0.4, 0.5) is 0 Å². The lowest BCUT2D eigenvalue weighted by Gasteiger charge is -2.48. The van der Waals surface area contributed by atoms with E-state index < -0.39 is 5.60 Å². The molecule has 13 heavy (non-hydrogen) atoms. The van der Waals surface area contributed by atoms with Gasteiger partial charge in [0.2, 0.25) is 0 Å². The number of carbonyl (C=O) groups is 1. The Bertz CT molecular complexity index is 248. The number of amides is 1. The smallest absolute Gasteiger partial charge is 0.255 e. The highest BCUT2D eigenvalue weighted by atomic mass is 16.5. The number of hydrogen-bond acceptors (Lipinski definition) is 3. The van der Waals surface area contributed by atoms with Gasteiger partial charge in [-0.25, -0.2) is 0 Å². The molecular weight excluding hydrogens is 168 g/mol. The molecule has 1 amide bonds. The van der Waals surface area contributed by atoms with Crippen molar-refractivity contribution in [2.75, 3.05) is 26.4 Å². The first-order chi connectivity index (χ1) is 6.31. The zero-order valence-corrected chi connectivity index (χ0v) is 7.58. The maximum absolute atomic E-state index is 11.7. The Morgan fingerprint density at radius 1 is 1.46 bits per heavy atom. The predicted molar refractivity (Wildman–Crippen MR) is 46.0 cm³/mol. The number of carbonyl (C=O) groups excluding carboxylic acids is 1. The van der Waals surface area contributed by atoms with Crippen LogP contribution in [0.3, 0.4) is 0 Å². The molecule has 4 aliphatic heterocycles. The highest BCUT2D eigenvalue weighted by molar-refractivity contribution is 5.87. The van der Waals surface area contributed by atoms with Crippen LogP contribution in [0.15, 0.2) is 0 Å². The first-order valence-corrected chi connectivity index (χ1v) is 4.96. The summed E-state index contributed by atoms with van der Waals surface area (Å²) in [6.07, 6.45) is 2.24. The molecule has 1 spiro atoms. The molecule has 4 fully saturated rings. The minimum Gasteiger partial charge on any atom is -0.343 e. The van der Waals surface area contributed by atoms with E-state index in [4.69, 9.17) is 4.74 Å². The summed E-state index contributed by atoms with van der Waals surface area (Å²) in [5, 5.41) is 2.78. The summed E-state index contributed by atoms with van der Waals surface area (Å²) in [5.41, 5.74) is -0.476. The van der Waals surface area contributed by atoms with E-state index >= 15 is 0 Å². The van der Waals surface area contributed by atoms with Crippen molar-refractivity contribution in [3.63, 3.8) is 0 Å². The lowest BCUT2D eigenvalue weighted by molar-refractivity contribution is -0.156. The van der Waals surface area contributed by atoms with E-state index in [0.29, 0.717) is 12.6 Å². The van der Waals surface area contributed by atoms with Gasteiger partial charge in [-0.05, 0) is 25.9 Å². The van der Waals surface area contributed by atoms with E-state index in [2.05, 4.69) is 10.2 Å². The average Bonchev–Trinajstić information content (AvgIpc) is 2.50. The van der Waals surface area contributed by atoms with Crippen LogP contribution in [0.25, 0.3) is 0 Å². The predicted octanol–water partition coefficient (Wildman–Crippen LogP) is -0.445. The molecule has 4 heterocycles. The van der Waals surface area contributed by atoms with Crippen LogP contribution in [-0.2, 0) is 9.53 Å². The van der Waals surface area contributed by atoms with Gasteiger partial charge in [0.1, 0.15) is 6.73 Å². The van der Waals surface area contributed by atoms with Crippen LogP contribution in [0.5, 0.6) is 0 Å². The molecular formula is C9H14N2O2. The molecule has 0 aromatic carbocycles. The minimum absolute atomic E-state index is 0.113. The van der Waals surface area contributed by atoms with Gasteiger partial charge >= 0.3 is 0 Å². The fraction of sp³-hybridized carbons (Fsp3) is 0.889. The Labute approximate surface area is 77.2 Å². The molecule has 2 bridgehead atoms. The molecule has 1 N–H and O–H groups in total. The summed E-state index contributed by atoms with van der Waals surface area (Å²) >= 11 is 0. The van der Waals surface area contributed by atoms with Crippen molar-refractivity contribution < 1.29 is 9.53 Å². The molecule has 0 unspecified atom stereocenters. The molecule has 0 aliphatic carbocycles. The maximum atomic E-state index is 11.7. The van der Waals surface area contributed by atoms with Crippen LogP contribution >= 0.6 is 0 Å². The normalized spacial score (nSPS) is 48.5. The van der Waals surface area contributed by atoms with E-state index in [9.17, 15) is 4.79 Å². The van der Waals surface area contributed by atoms with Crippen molar-refractivity contribution in [3.05, 3.63) is 0 Å². The van der Waals surface area contributed by atoms with E-state index in [1.807, 2.05) is 0 Å².